The fourth-order valence-corrected chi connectivity index (χ4v) is 3.00. The quantitative estimate of drug-likeness (QED) is 0.770. The Hall–Kier alpha value is -0.190. The van der Waals surface area contributed by atoms with Crippen molar-refractivity contribution in [3.63, 3.8) is 0 Å². The standard InChI is InChI=1S/C13H23NO2S/c1-13(2,17(14)15)9-11(10-6-7-10)12-5-3-4-8-16-12/h4,8,10-12H,3,5-7,9,14H2,1-2H3/t11-,12-,17-/m0/s1. The molecule has 0 amide bonds. The number of nitrogens with two attached hydrogens (primary N) is 1. The van der Waals surface area contributed by atoms with Crippen molar-refractivity contribution in [1.82, 2.24) is 0 Å². The van der Waals surface area contributed by atoms with Crippen molar-refractivity contribution in [3.05, 3.63) is 12.3 Å². The third-order valence-corrected chi connectivity index (χ3v) is 5.20. The van der Waals surface area contributed by atoms with Gasteiger partial charge in [0.1, 0.15) is 10.9 Å². The topological polar surface area (TPSA) is 58.3 Å². The summed E-state index contributed by atoms with van der Waals surface area (Å²) in [6, 6.07) is 0. The Bertz CT molecular complexity index is 287. The summed E-state index contributed by atoms with van der Waals surface area (Å²) in [6.07, 6.45) is 9.88. The summed E-state index contributed by atoms with van der Waals surface area (Å²) in [5.74, 6) is 1.27. The first-order valence-electron chi connectivity index (χ1n) is 6.47. The van der Waals surface area contributed by atoms with Crippen LogP contribution in [0.15, 0.2) is 12.3 Å². The second-order valence-corrected chi connectivity index (χ2v) is 7.59. The SMILES string of the molecule is CC(C)(C[C@@H](C1CC1)[C@@H]1CCC=CO1)[S@@+](N)[O-]. The second-order valence-electron chi connectivity index (χ2n) is 5.89. The predicted octanol–water partition coefficient (Wildman–Crippen LogP) is 2.50. The van der Waals surface area contributed by atoms with Crippen LogP contribution in [0.5, 0.6) is 0 Å². The molecular formula is C13H23NO2S. The van der Waals surface area contributed by atoms with Crippen LogP contribution in [0.25, 0.3) is 0 Å². The minimum absolute atomic E-state index is 0.301. The van der Waals surface area contributed by atoms with E-state index in [1.165, 1.54) is 12.8 Å². The summed E-state index contributed by atoms with van der Waals surface area (Å²) >= 11 is -1.26. The van der Waals surface area contributed by atoms with Gasteiger partial charge in [0.2, 0.25) is 0 Å². The molecule has 1 saturated carbocycles. The van der Waals surface area contributed by atoms with Gasteiger partial charge in [0.25, 0.3) is 0 Å². The van der Waals surface area contributed by atoms with E-state index in [0.717, 1.165) is 25.2 Å². The van der Waals surface area contributed by atoms with Gasteiger partial charge in [-0.25, -0.2) is 0 Å². The van der Waals surface area contributed by atoms with Crippen molar-refractivity contribution < 1.29 is 9.29 Å². The molecule has 1 aliphatic heterocycles. The molecule has 1 fully saturated rings. The zero-order valence-electron chi connectivity index (χ0n) is 10.7. The van der Waals surface area contributed by atoms with Crippen molar-refractivity contribution in [2.75, 3.05) is 0 Å². The maximum Gasteiger partial charge on any atom is 0.139 e. The molecular weight excluding hydrogens is 234 g/mol. The van der Waals surface area contributed by atoms with Crippen molar-refractivity contribution in [2.24, 2.45) is 17.0 Å². The normalized spacial score (nSPS) is 28.6. The largest absolute Gasteiger partial charge is 0.598 e. The lowest BCUT2D eigenvalue weighted by Crippen LogP contribution is -2.42. The Morgan fingerprint density at radius 3 is 2.65 bits per heavy atom. The molecule has 17 heavy (non-hydrogen) atoms. The van der Waals surface area contributed by atoms with E-state index in [0.29, 0.717) is 12.0 Å². The highest BCUT2D eigenvalue weighted by atomic mass is 32.2. The lowest BCUT2D eigenvalue weighted by Gasteiger charge is -2.34. The van der Waals surface area contributed by atoms with Crippen LogP contribution in [0.1, 0.15) is 46.0 Å². The van der Waals surface area contributed by atoms with Crippen LogP contribution in [-0.4, -0.2) is 15.4 Å². The molecule has 0 saturated heterocycles. The Balaban J connectivity index is 1.99. The molecule has 0 aromatic carbocycles. The van der Waals surface area contributed by atoms with E-state index in [4.69, 9.17) is 9.88 Å². The lowest BCUT2D eigenvalue weighted by molar-refractivity contribution is 0.0503. The molecule has 3 nitrogen and oxygen atoms in total. The Morgan fingerprint density at radius 1 is 1.47 bits per heavy atom. The number of hydrogen-bond acceptors (Lipinski definition) is 3. The van der Waals surface area contributed by atoms with Gasteiger partial charge in [0.05, 0.1) is 6.26 Å². The average Bonchev–Trinajstić information content (AvgIpc) is 3.11. The van der Waals surface area contributed by atoms with Gasteiger partial charge in [-0.05, 0) is 51.5 Å². The van der Waals surface area contributed by atoms with Crippen LogP contribution in [0, 0.1) is 11.8 Å². The summed E-state index contributed by atoms with van der Waals surface area (Å²) in [5.41, 5.74) is 0. The van der Waals surface area contributed by atoms with Crippen molar-refractivity contribution in [1.29, 1.82) is 0 Å². The smallest absolute Gasteiger partial charge is 0.139 e. The Labute approximate surface area is 107 Å². The number of allylic oxidation sites excluding steroid dienone is 1. The summed E-state index contributed by atoms with van der Waals surface area (Å²) in [5, 5.41) is 5.59. The van der Waals surface area contributed by atoms with Gasteiger partial charge in [-0.1, -0.05) is 0 Å². The van der Waals surface area contributed by atoms with Crippen LogP contribution in [0.2, 0.25) is 0 Å². The van der Waals surface area contributed by atoms with Gasteiger partial charge in [0, 0.05) is 23.7 Å². The van der Waals surface area contributed by atoms with Crippen LogP contribution in [0.3, 0.4) is 0 Å². The minimum atomic E-state index is -1.26. The summed E-state index contributed by atoms with van der Waals surface area (Å²) in [6.45, 7) is 3.99. The molecule has 1 aliphatic carbocycles. The van der Waals surface area contributed by atoms with E-state index in [2.05, 4.69) is 6.08 Å². The number of ether oxygens (including phenoxy) is 1. The third kappa shape index (κ3) is 3.39. The molecule has 1 heterocycles. The molecule has 3 atom stereocenters. The number of rotatable bonds is 5. The molecule has 0 spiro atoms. The van der Waals surface area contributed by atoms with E-state index in [1.807, 2.05) is 20.1 Å². The molecule has 2 N–H and O–H groups in total. The highest BCUT2D eigenvalue weighted by molar-refractivity contribution is 7.90. The maximum atomic E-state index is 11.6. The molecule has 0 radical (unpaired) electrons. The monoisotopic (exact) mass is 257 g/mol. The zero-order chi connectivity index (χ0) is 12.5. The van der Waals surface area contributed by atoms with Crippen LogP contribution in [-0.2, 0) is 16.1 Å². The van der Waals surface area contributed by atoms with E-state index >= 15 is 0 Å². The Kier molecular flexibility index (Phi) is 4.06. The molecule has 0 unspecified atom stereocenters. The maximum absolute atomic E-state index is 11.6. The summed E-state index contributed by atoms with van der Waals surface area (Å²) in [4.78, 5) is 0. The third-order valence-electron chi connectivity index (χ3n) is 3.94. The summed E-state index contributed by atoms with van der Waals surface area (Å²) < 4.78 is 17.0. The van der Waals surface area contributed by atoms with E-state index < -0.39 is 11.4 Å². The fraction of sp³-hybridized carbons (Fsp3) is 0.846. The van der Waals surface area contributed by atoms with E-state index in [1.54, 1.807) is 0 Å². The zero-order valence-corrected chi connectivity index (χ0v) is 11.5. The molecule has 2 rings (SSSR count). The van der Waals surface area contributed by atoms with Gasteiger partial charge < -0.3 is 9.29 Å². The van der Waals surface area contributed by atoms with Gasteiger partial charge in [0.15, 0.2) is 0 Å². The van der Waals surface area contributed by atoms with Crippen LogP contribution >= 0.6 is 0 Å². The minimum Gasteiger partial charge on any atom is -0.598 e. The molecule has 4 heteroatoms. The van der Waals surface area contributed by atoms with Crippen molar-refractivity contribution >= 4 is 11.4 Å². The average molecular weight is 257 g/mol. The molecule has 0 aromatic rings. The molecule has 0 aromatic heterocycles. The highest BCUT2D eigenvalue weighted by Crippen LogP contribution is 2.45. The number of hydrogen-bond donors (Lipinski definition) is 1. The first-order valence-corrected chi connectivity index (χ1v) is 7.69. The van der Waals surface area contributed by atoms with E-state index in [-0.39, 0.29) is 4.75 Å². The molecule has 0 bridgehead atoms. The summed E-state index contributed by atoms with van der Waals surface area (Å²) in [7, 11) is 0. The van der Waals surface area contributed by atoms with Crippen LogP contribution in [0.4, 0.5) is 0 Å². The van der Waals surface area contributed by atoms with Gasteiger partial charge >= 0.3 is 0 Å². The Morgan fingerprint density at radius 2 is 2.18 bits per heavy atom. The van der Waals surface area contributed by atoms with Crippen molar-refractivity contribution in [2.45, 2.75) is 56.8 Å². The fourth-order valence-electron chi connectivity index (χ4n) is 2.64. The van der Waals surface area contributed by atoms with Gasteiger partial charge in [-0.2, -0.15) is 5.14 Å². The second kappa shape index (κ2) is 5.21. The van der Waals surface area contributed by atoms with Crippen LogP contribution < -0.4 is 5.14 Å². The van der Waals surface area contributed by atoms with Gasteiger partial charge in [-0.3, -0.25) is 0 Å². The highest BCUT2D eigenvalue weighted by Gasteiger charge is 2.44. The van der Waals surface area contributed by atoms with Gasteiger partial charge in [-0.15, -0.1) is 0 Å². The molecule has 98 valence electrons. The molecule has 2 aliphatic rings. The lowest BCUT2D eigenvalue weighted by atomic mass is 9.85. The first kappa shape index (κ1) is 13.2. The van der Waals surface area contributed by atoms with E-state index in [9.17, 15) is 4.55 Å². The van der Waals surface area contributed by atoms with Crippen molar-refractivity contribution in [3.8, 4) is 0 Å². The first-order chi connectivity index (χ1) is 8.00. The predicted molar refractivity (Wildman–Crippen MR) is 70.5 cm³/mol.